The van der Waals surface area contributed by atoms with Crippen molar-refractivity contribution >= 4 is 39.1 Å². The van der Waals surface area contributed by atoms with Crippen molar-refractivity contribution in [1.29, 1.82) is 0 Å². The molecule has 1 N–H and O–H groups in total. The van der Waals surface area contributed by atoms with Crippen LogP contribution in [0.15, 0.2) is 42.5 Å². The van der Waals surface area contributed by atoms with Gasteiger partial charge in [0.25, 0.3) is 0 Å². The number of nitrogens with zero attached hydrogens (tertiary/aromatic N) is 2. The van der Waals surface area contributed by atoms with Gasteiger partial charge in [0.05, 0.1) is 19.1 Å². The van der Waals surface area contributed by atoms with Crippen molar-refractivity contribution < 1.29 is 22.7 Å². The average Bonchev–Trinajstić information content (AvgIpc) is 2.76. The van der Waals surface area contributed by atoms with Gasteiger partial charge in [-0.05, 0) is 54.8 Å². The lowest BCUT2D eigenvalue weighted by Crippen LogP contribution is -2.51. The third-order valence-corrected chi connectivity index (χ3v) is 6.59. The average molecular weight is 496 g/mol. The fourth-order valence-electron chi connectivity index (χ4n) is 3.55. The number of carbonyl (C=O) groups is 2. The number of hydrogen-bond donors (Lipinski definition) is 1. The Hall–Kier alpha value is -2.78. The molecule has 33 heavy (non-hydrogen) atoms. The molecule has 180 valence electrons. The van der Waals surface area contributed by atoms with Gasteiger partial charge in [-0.15, -0.1) is 0 Å². The molecule has 8 nitrogen and oxygen atoms in total. The summed E-state index contributed by atoms with van der Waals surface area (Å²) in [4.78, 5) is 27.5. The zero-order chi connectivity index (χ0) is 24.8. The summed E-state index contributed by atoms with van der Waals surface area (Å²) in [6.07, 6.45) is 1.39. The number of aryl methyl sites for hydroxylation is 1. The molecule has 0 aliphatic heterocycles. The predicted molar refractivity (Wildman–Crippen MR) is 130 cm³/mol. The van der Waals surface area contributed by atoms with Gasteiger partial charge in [0.2, 0.25) is 21.8 Å². The van der Waals surface area contributed by atoms with Gasteiger partial charge in [0, 0.05) is 18.6 Å². The van der Waals surface area contributed by atoms with Crippen LogP contribution in [0.3, 0.4) is 0 Å². The second kappa shape index (κ2) is 11.4. The van der Waals surface area contributed by atoms with E-state index in [-0.39, 0.29) is 12.5 Å². The summed E-state index contributed by atoms with van der Waals surface area (Å²) in [5.74, 6) is -0.224. The molecule has 0 bridgehead atoms. The lowest BCUT2D eigenvalue weighted by Gasteiger charge is -2.33. The van der Waals surface area contributed by atoms with Crippen molar-refractivity contribution in [2.24, 2.45) is 0 Å². The molecule has 1 atom stereocenters. The molecule has 0 radical (unpaired) electrons. The van der Waals surface area contributed by atoms with Gasteiger partial charge in [-0.3, -0.25) is 13.9 Å². The van der Waals surface area contributed by atoms with E-state index < -0.39 is 28.5 Å². The number of likely N-dealkylation sites (N-methyl/N-ethyl adjacent to an activating group) is 1. The van der Waals surface area contributed by atoms with E-state index in [0.29, 0.717) is 28.4 Å². The van der Waals surface area contributed by atoms with Crippen LogP contribution >= 0.6 is 11.6 Å². The Morgan fingerprint density at radius 3 is 2.42 bits per heavy atom. The van der Waals surface area contributed by atoms with Gasteiger partial charge in [-0.1, -0.05) is 30.7 Å². The molecular formula is C23H30ClN3O5S. The van der Waals surface area contributed by atoms with Crippen LogP contribution in [0.2, 0.25) is 5.02 Å². The Bertz CT molecular complexity index is 1110. The number of sulfonamides is 1. The Kier molecular flexibility index (Phi) is 9.13. The molecule has 2 aromatic rings. The van der Waals surface area contributed by atoms with Crippen molar-refractivity contribution in [3.05, 3.63) is 58.6 Å². The Balaban J connectivity index is 2.47. The summed E-state index contributed by atoms with van der Waals surface area (Å²) >= 11 is 6.02. The first-order valence-electron chi connectivity index (χ1n) is 10.4. The minimum atomic E-state index is -3.80. The van der Waals surface area contributed by atoms with E-state index in [1.165, 1.54) is 11.9 Å². The second-order valence-electron chi connectivity index (χ2n) is 7.61. The minimum Gasteiger partial charge on any atom is -0.497 e. The number of ether oxygens (including phenoxy) is 1. The number of nitrogens with one attached hydrogen (secondary N) is 1. The van der Waals surface area contributed by atoms with Gasteiger partial charge in [0.1, 0.15) is 18.3 Å². The van der Waals surface area contributed by atoms with Crippen LogP contribution in [-0.2, 0) is 26.2 Å². The van der Waals surface area contributed by atoms with E-state index in [2.05, 4.69) is 5.32 Å². The molecule has 2 aromatic carbocycles. The predicted octanol–water partition coefficient (Wildman–Crippen LogP) is 2.98. The minimum absolute atomic E-state index is 0.110. The molecule has 0 spiro atoms. The van der Waals surface area contributed by atoms with Crippen molar-refractivity contribution in [3.8, 4) is 5.75 Å². The number of halogens is 1. The summed E-state index contributed by atoms with van der Waals surface area (Å²) in [6, 6.07) is 11.1. The second-order valence-corrected chi connectivity index (χ2v) is 9.96. The molecule has 0 aromatic heterocycles. The highest BCUT2D eigenvalue weighted by molar-refractivity contribution is 7.92. The number of methoxy groups -OCH3 is 1. The van der Waals surface area contributed by atoms with Gasteiger partial charge >= 0.3 is 0 Å². The van der Waals surface area contributed by atoms with Gasteiger partial charge in [-0.2, -0.15) is 0 Å². The summed E-state index contributed by atoms with van der Waals surface area (Å²) in [6.45, 7) is 3.17. The maximum Gasteiger partial charge on any atom is 0.244 e. The molecule has 0 aliphatic carbocycles. The number of carbonyl (C=O) groups excluding carboxylic acids is 2. The molecule has 0 saturated heterocycles. The molecule has 0 saturated carbocycles. The molecule has 10 heteroatoms. The van der Waals surface area contributed by atoms with Crippen LogP contribution in [0.4, 0.5) is 5.69 Å². The number of rotatable bonds is 10. The van der Waals surface area contributed by atoms with Crippen molar-refractivity contribution in [1.82, 2.24) is 10.2 Å². The first kappa shape index (κ1) is 26.5. The molecular weight excluding hydrogens is 466 g/mol. The fourth-order valence-corrected chi connectivity index (χ4v) is 4.68. The Morgan fingerprint density at radius 1 is 1.18 bits per heavy atom. The van der Waals surface area contributed by atoms with Gasteiger partial charge < -0.3 is 15.0 Å². The standard InChI is InChI=1S/C23H30ClN3O5S/c1-6-20(23(29)25-3)26(14-17-8-7-9-19(13-17)32-4)22(28)15-27(33(5,30)31)21-11-10-18(24)12-16(21)2/h7-13,20H,6,14-15H2,1-5H3,(H,25,29). The third-order valence-electron chi connectivity index (χ3n) is 5.23. The van der Waals surface area contributed by atoms with Crippen LogP contribution in [-0.4, -0.2) is 58.1 Å². The Labute approximate surface area is 200 Å². The molecule has 0 heterocycles. The highest BCUT2D eigenvalue weighted by Crippen LogP contribution is 2.26. The summed E-state index contributed by atoms with van der Waals surface area (Å²) in [5.41, 5.74) is 1.71. The van der Waals surface area contributed by atoms with E-state index in [9.17, 15) is 18.0 Å². The molecule has 2 amide bonds. The number of anilines is 1. The summed E-state index contributed by atoms with van der Waals surface area (Å²) in [5, 5.41) is 3.05. The number of hydrogen-bond acceptors (Lipinski definition) is 5. The van der Waals surface area contributed by atoms with Crippen LogP contribution in [0.25, 0.3) is 0 Å². The lowest BCUT2D eigenvalue weighted by molar-refractivity contribution is -0.140. The van der Waals surface area contributed by atoms with Crippen LogP contribution in [0.1, 0.15) is 24.5 Å². The van der Waals surface area contributed by atoms with Gasteiger partial charge in [-0.25, -0.2) is 8.42 Å². The molecule has 0 aliphatic rings. The maximum atomic E-state index is 13.5. The van der Waals surface area contributed by atoms with E-state index in [1.807, 2.05) is 6.07 Å². The smallest absolute Gasteiger partial charge is 0.244 e. The normalized spacial score (nSPS) is 12.1. The topological polar surface area (TPSA) is 96.0 Å². The summed E-state index contributed by atoms with van der Waals surface area (Å²) in [7, 11) is -0.761. The zero-order valence-electron chi connectivity index (χ0n) is 19.5. The molecule has 2 rings (SSSR count). The lowest BCUT2D eigenvalue weighted by atomic mass is 10.1. The van der Waals surface area contributed by atoms with E-state index in [0.717, 1.165) is 16.1 Å². The quantitative estimate of drug-likeness (QED) is 0.546. The highest BCUT2D eigenvalue weighted by atomic mass is 35.5. The number of benzene rings is 2. The van der Waals surface area contributed by atoms with Crippen molar-refractivity contribution in [2.45, 2.75) is 32.9 Å². The zero-order valence-corrected chi connectivity index (χ0v) is 21.0. The first-order chi connectivity index (χ1) is 15.5. The monoisotopic (exact) mass is 495 g/mol. The maximum absolute atomic E-state index is 13.5. The van der Waals surface area contributed by atoms with Crippen LogP contribution in [0, 0.1) is 6.92 Å². The fraction of sp³-hybridized carbons (Fsp3) is 0.391. The SMILES string of the molecule is CCC(C(=O)NC)N(Cc1cccc(OC)c1)C(=O)CN(c1ccc(Cl)cc1C)S(C)(=O)=O. The Morgan fingerprint density at radius 2 is 1.88 bits per heavy atom. The van der Waals surface area contributed by atoms with E-state index >= 15 is 0 Å². The summed E-state index contributed by atoms with van der Waals surface area (Å²) < 4.78 is 31.5. The largest absolute Gasteiger partial charge is 0.497 e. The van der Waals surface area contributed by atoms with Crippen LogP contribution < -0.4 is 14.4 Å². The number of amides is 2. The third kappa shape index (κ3) is 6.85. The van der Waals surface area contributed by atoms with E-state index in [4.69, 9.17) is 16.3 Å². The highest BCUT2D eigenvalue weighted by Gasteiger charge is 2.31. The molecule has 0 fully saturated rings. The van der Waals surface area contributed by atoms with Crippen LogP contribution in [0.5, 0.6) is 5.75 Å². The van der Waals surface area contributed by atoms with Crippen molar-refractivity contribution in [2.75, 3.05) is 31.3 Å². The first-order valence-corrected chi connectivity index (χ1v) is 12.6. The van der Waals surface area contributed by atoms with E-state index in [1.54, 1.807) is 57.4 Å². The van der Waals surface area contributed by atoms with Crippen molar-refractivity contribution in [3.63, 3.8) is 0 Å². The molecule has 1 unspecified atom stereocenters. The van der Waals surface area contributed by atoms with Gasteiger partial charge in [0.15, 0.2) is 0 Å².